The number of nitrogens with one attached hydrogen (secondary N) is 2. The van der Waals surface area contributed by atoms with E-state index in [4.69, 9.17) is 4.74 Å². The van der Waals surface area contributed by atoms with Gasteiger partial charge in [0.25, 0.3) is 0 Å². The van der Waals surface area contributed by atoms with Gasteiger partial charge in [-0.15, -0.1) is 0 Å². The number of alkyl carbamates (subject to hydrolysis) is 1. The Labute approximate surface area is 106 Å². The predicted octanol–water partition coefficient (Wildman–Crippen LogP) is 1.19. The molecule has 5 nitrogen and oxygen atoms in total. The third kappa shape index (κ3) is 3.76. The Morgan fingerprint density at radius 3 is 2.83 bits per heavy atom. The molecule has 0 aliphatic carbocycles. The van der Waals surface area contributed by atoms with E-state index in [1.165, 1.54) is 0 Å². The van der Waals surface area contributed by atoms with E-state index >= 15 is 0 Å². The van der Waals surface area contributed by atoms with Crippen LogP contribution in [0.25, 0.3) is 0 Å². The monoisotopic (exact) mass is 248 g/mol. The molecular formula is C13H16N2O3. The van der Waals surface area contributed by atoms with Gasteiger partial charge in [-0.05, 0) is 12.0 Å². The maximum absolute atomic E-state index is 11.5. The summed E-state index contributed by atoms with van der Waals surface area (Å²) in [6, 6.07) is 9.62. The van der Waals surface area contributed by atoms with Gasteiger partial charge in [-0.1, -0.05) is 30.3 Å². The molecule has 1 heterocycles. The average Bonchev–Trinajstić information content (AvgIpc) is 2.40. The summed E-state index contributed by atoms with van der Waals surface area (Å²) >= 11 is 0. The maximum atomic E-state index is 11.5. The standard InChI is InChI=1S/C13H16N2O3/c16-12-7-6-11(9-14-12)18-13(17)15-8-10-4-2-1-3-5-10/h1-5,11H,6-9H2,(H,14,16)(H,15,17)/t11-/m0/s1. The fourth-order valence-corrected chi connectivity index (χ4v) is 1.77. The van der Waals surface area contributed by atoms with Gasteiger partial charge in [0.15, 0.2) is 0 Å². The second-order valence-electron chi connectivity index (χ2n) is 4.21. The molecule has 2 N–H and O–H groups in total. The molecule has 1 aromatic rings. The normalized spacial score (nSPS) is 18.9. The molecule has 1 aliphatic rings. The van der Waals surface area contributed by atoms with Gasteiger partial charge < -0.3 is 15.4 Å². The Morgan fingerprint density at radius 2 is 2.17 bits per heavy atom. The van der Waals surface area contributed by atoms with Crippen LogP contribution in [-0.2, 0) is 16.1 Å². The first-order valence-corrected chi connectivity index (χ1v) is 5.99. The minimum Gasteiger partial charge on any atom is -0.444 e. The highest BCUT2D eigenvalue weighted by Gasteiger charge is 2.21. The smallest absolute Gasteiger partial charge is 0.407 e. The van der Waals surface area contributed by atoms with Gasteiger partial charge in [0, 0.05) is 13.0 Å². The molecule has 0 unspecified atom stereocenters. The molecule has 96 valence electrons. The molecule has 1 fully saturated rings. The first-order chi connectivity index (χ1) is 8.74. The number of amides is 2. The summed E-state index contributed by atoms with van der Waals surface area (Å²) in [5.41, 5.74) is 1.02. The van der Waals surface area contributed by atoms with Crippen molar-refractivity contribution in [2.24, 2.45) is 0 Å². The van der Waals surface area contributed by atoms with E-state index in [-0.39, 0.29) is 12.0 Å². The predicted molar refractivity (Wildman–Crippen MR) is 65.8 cm³/mol. The largest absolute Gasteiger partial charge is 0.444 e. The number of ether oxygens (including phenoxy) is 1. The zero-order chi connectivity index (χ0) is 12.8. The van der Waals surface area contributed by atoms with E-state index in [9.17, 15) is 9.59 Å². The average molecular weight is 248 g/mol. The van der Waals surface area contributed by atoms with E-state index in [0.717, 1.165) is 5.56 Å². The van der Waals surface area contributed by atoms with Crippen LogP contribution in [0.2, 0.25) is 0 Å². The maximum Gasteiger partial charge on any atom is 0.407 e. The number of carbonyl (C=O) groups is 2. The van der Waals surface area contributed by atoms with Gasteiger partial charge in [0.2, 0.25) is 5.91 Å². The number of carbonyl (C=O) groups excluding carboxylic acids is 2. The second-order valence-corrected chi connectivity index (χ2v) is 4.21. The first kappa shape index (κ1) is 12.4. The van der Waals surface area contributed by atoms with E-state index in [2.05, 4.69) is 10.6 Å². The fourth-order valence-electron chi connectivity index (χ4n) is 1.77. The van der Waals surface area contributed by atoms with Crippen molar-refractivity contribution in [3.63, 3.8) is 0 Å². The first-order valence-electron chi connectivity index (χ1n) is 5.99. The highest BCUT2D eigenvalue weighted by Crippen LogP contribution is 2.07. The summed E-state index contributed by atoms with van der Waals surface area (Å²) in [6.45, 7) is 0.844. The summed E-state index contributed by atoms with van der Waals surface area (Å²) in [6.07, 6.45) is 0.333. The number of piperidine rings is 1. The van der Waals surface area contributed by atoms with Crippen molar-refractivity contribution in [2.75, 3.05) is 6.54 Å². The van der Waals surface area contributed by atoms with Crippen LogP contribution in [0, 0.1) is 0 Å². The van der Waals surface area contributed by atoms with Crippen molar-refractivity contribution in [2.45, 2.75) is 25.5 Å². The van der Waals surface area contributed by atoms with E-state index < -0.39 is 6.09 Å². The van der Waals surface area contributed by atoms with Crippen LogP contribution in [-0.4, -0.2) is 24.6 Å². The summed E-state index contributed by atoms with van der Waals surface area (Å²) in [4.78, 5) is 22.5. The van der Waals surface area contributed by atoms with Crippen LogP contribution in [0.3, 0.4) is 0 Å². The van der Waals surface area contributed by atoms with Crippen LogP contribution >= 0.6 is 0 Å². The van der Waals surface area contributed by atoms with Gasteiger partial charge in [0.05, 0.1) is 6.54 Å². The number of hydrogen-bond acceptors (Lipinski definition) is 3. The highest BCUT2D eigenvalue weighted by molar-refractivity contribution is 5.77. The Kier molecular flexibility index (Phi) is 4.17. The molecule has 0 aromatic heterocycles. The van der Waals surface area contributed by atoms with Crippen molar-refractivity contribution in [3.8, 4) is 0 Å². The number of hydrogen-bond donors (Lipinski definition) is 2. The van der Waals surface area contributed by atoms with Crippen LogP contribution < -0.4 is 10.6 Å². The summed E-state index contributed by atoms with van der Waals surface area (Å²) in [7, 11) is 0. The lowest BCUT2D eigenvalue weighted by Gasteiger charge is -2.22. The molecule has 1 saturated heterocycles. The lowest BCUT2D eigenvalue weighted by atomic mass is 10.1. The van der Waals surface area contributed by atoms with Crippen LogP contribution in [0.1, 0.15) is 18.4 Å². The number of benzene rings is 1. The minimum absolute atomic E-state index is 0.0135. The topological polar surface area (TPSA) is 67.4 Å². The molecule has 0 bridgehead atoms. The van der Waals surface area contributed by atoms with E-state index in [0.29, 0.717) is 25.9 Å². The fraction of sp³-hybridized carbons (Fsp3) is 0.385. The van der Waals surface area contributed by atoms with Crippen LogP contribution in [0.4, 0.5) is 4.79 Å². The lowest BCUT2D eigenvalue weighted by molar-refractivity contribution is -0.124. The van der Waals surface area contributed by atoms with Gasteiger partial charge in [0.1, 0.15) is 6.10 Å². The molecule has 0 saturated carbocycles. The van der Waals surface area contributed by atoms with Crippen molar-refractivity contribution in [3.05, 3.63) is 35.9 Å². The molecule has 1 atom stereocenters. The van der Waals surface area contributed by atoms with Crippen molar-refractivity contribution in [1.29, 1.82) is 0 Å². The van der Waals surface area contributed by atoms with Crippen molar-refractivity contribution < 1.29 is 14.3 Å². The highest BCUT2D eigenvalue weighted by atomic mass is 16.6. The Hall–Kier alpha value is -2.04. The summed E-state index contributed by atoms with van der Waals surface area (Å²) in [5.74, 6) is 0.0135. The van der Waals surface area contributed by atoms with Crippen molar-refractivity contribution in [1.82, 2.24) is 10.6 Å². The summed E-state index contributed by atoms with van der Waals surface area (Å²) < 4.78 is 5.20. The Morgan fingerprint density at radius 1 is 1.39 bits per heavy atom. The molecule has 0 radical (unpaired) electrons. The van der Waals surface area contributed by atoms with Gasteiger partial charge in [-0.2, -0.15) is 0 Å². The zero-order valence-electron chi connectivity index (χ0n) is 10.0. The molecule has 0 spiro atoms. The minimum atomic E-state index is -0.444. The third-order valence-corrected chi connectivity index (χ3v) is 2.77. The SMILES string of the molecule is O=C1CC[C@H](OC(=O)NCc2ccccc2)CN1. The number of rotatable bonds is 3. The Balaban J connectivity index is 1.71. The third-order valence-electron chi connectivity index (χ3n) is 2.77. The molecule has 18 heavy (non-hydrogen) atoms. The summed E-state index contributed by atoms with van der Waals surface area (Å²) in [5, 5.41) is 5.35. The Bertz CT molecular complexity index is 410. The second kappa shape index (κ2) is 6.05. The van der Waals surface area contributed by atoms with Gasteiger partial charge in [-0.3, -0.25) is 4.79 Å². The quantitative estimate of drug-likeness (QED) is 0.844. The molecule has 1 aliphatic heterocycles. The zero-order valence-corrected chi connectivity index (χ0v) is 10.0. The molecular weight excluding hydrogens is 232 g/mol. The molecule has 2 amide bonds. The van der Waals surface area contributed by atoms with E-state index in [1.54, 1.807) is 0 Å². The van der Waals surface area contributed by atoms with Gasteiger partial charge in [-0.25, -0.2) is 4.79 Å². The van der Waals surface area contributed by atoms with Crippen molar-refractivity contribution >= 4 is 12.0 Å². The molecule has 2 rings (SSSR count). The lowest BCUT2D eigenvalue weighted by Crippen LogP contribution is -2.41. The van der Waals surface area contributed by atoms with Crippen LogP contribution in [0.5, 0.6) is 0 Å². The van der Waals surface area contributed by atoms with Gasteiger partial charge >= 0.3 is 6.09 Å². The molecule has 1 aromatic carbocycles. The molecule has 5 heteroatoms. The van der Waals surface area contributed by atoms with Crippen LogP contribution in [0.15, 0.2) is 30.3 Å². The van der Waals surface area contributed by atoms with E-state index in [1.807, 2.05) is 30.3 Å².